The van der Waals surface area contributed by atoms with Crippen molar-refractivity contribution in [3.8, 4) is 0 Å². The van der Waals surface area contributed by atoms with Gasteiger partial charge >= 0.3 is 0 Å². The van der Waals surface area contributed by atoms with Crippen molar-refractivity contribution in [2.24, 2.45) is 5.92 Å². The van der Waals surface area contributed by atoms with Crippen LogP contribution in [0.3, 0.4) is 0 Å². The third-order valence-electron chi connectivity index (χ3n) is 3.98. The van der Waals surface area contributed by atoms with Gasteiger partial charge in [0, 0.05) is 32.1 Å². The van der Waals surface area contributed by atoms with Gasteiger partial charge in [0.2, 0.25) is 5.91 Å². The standard InChI is InChI=1S/C19H30FN3O2/c1-6-22(7-2)10-11-23(13-14(3)4)19(25)16-8-9-17(20)18(12-16)21-15(5)24/h8-9,12,14H,6-7,10-11,13H2,1-5H3,(H,21,24). The molecule has 0 aliphatic rings. The van der Waals surface area contributed by atoms with Crippen LogP contribution >= 0.6 is 0 Å². The fraction of sp³-hybridized carbons (Fsp3) is 0.579. The van der Waals surface area contributed by atoms with Gasteiger partial charge < -0.3 is 15.1 Å². The maximum absolute atomic E-state index is 13.8. The van der Waals surface area contributed by atoms with E-state index < -0.39 is 5.82 Å². The van der Waals surface area contributed by atoms with E-state index in [0.29, 0.717) is 24.6 Å². The number of amides is 2. The van der Waals surface area contributed by atoms with Gasteiger partial charge in [-0.25, -0.2) is 4.39 Å². The van der Waals surface area contributed by atoms with Crippen molar-refractivity contribution < 1.29 is 14.0 Å². The second-order valence-electron chi connectivity index (χ2n) is 6.55. The lowest BCUT2D eigenvalue weighted by Crippen LogP contribution is -2.40. The van der Waals surface area contributed by atoms with Crippen LogP contribution in [0.1, 0.15) is 45.0 Å². The Kier molecular flexibility index (Phi) is 8.55. The molecule has 1 aromatic rings. The predicted octanol–water partition coefficient (Wildman–Crippen LogP) is 3.22. The number of halogens is 1. The summed E-state index contributed by atoms with van der Waals surface area (Å²) in [6.45, 7) is 13.5. The highest BCUT2D eigenvalue weighted by molar-refractivity contribution is 5.97. The molecular weight excluding hydrogens is 321 g/mol. The first-order valence-electron chi connectivity index (χ1n) is 8.87. The summed E-state index contributed by atoms with van der Waals surface area (Å²) in [6, 6.07) is 4.09. The molecule has 0 saturated heterocycles. The smallest absolute Gasteiger partial charge is 0.253 e. The molecule has 1 aromatic carbocycles. The van der Waals surface area contributed by atoms with Crippen molar-refractivity contribution in [2.45, 2.75) is 34.6 Å². The third kappa shape index (κ3) is 6.82. The molecule has 2 amide bonds. The van der Waals surface area contributed by atoms with Crippen LogP contribution < -0.4 is 5.32 Å². The number of carbonyl (C=O) groups is 2. The fourth-order valence-corrected chi connectivity index (χ4v) is 2.64. The monoisotopic (exact) mass is 351 g/mol. The first kappa shape index (κ1) is 21.1. The summed E-state index contributed by atoms with van der Waals surface area (Å²) in [4.78, 5) is 28.1. The van der Waals surface area contributed by atoms with E-state index in [1.54, 1.807) is 4.90 Å². The summed E-state index contributed by atoms with van der Waals surface area (Å²) >= 11 is 0. The molecule has 0 heterocycles. The molecule has 0 aliphatic heterocycles. The molecule has 1 rings (SSSR count). The Bertz CT molecular complexity index is 586. The lowest BCUT2D eigenvalue weighted by molar-refractivity contribution is -0.114. The molecule has 0 spiro atoms. The molecule has 140 valence electrons. The molecule has 1 N–H and O–H groups in total. The molecule has 0 bridgehead atoms. The molecule has 5 nitrogen and oxygen atoms in total. The number of nitrogens with zero attached hydrogens (tertiary/aromatic N) is 2. The van der Waals surface area contributed by atoms with Crippen LogP contribution in [0, 0.1) is 11.7 Å². The Balaban J connectivity index is 2.97. The Morgan fingerprint density at radius 3 is 2.32 bits per heavy atom. The summed E-state index contributed by atoms with van der Waals surface area (Å²) in [5, 5.41) is 2.42. The van der Waals surface area contributed by atoms with Crippen molar-refractivity contribution >= 4 is 17.5 Å². The Labute approximate surface area is 150 Å². The highest BCUT2D eigenvalue weighted by atomic mass is 19.1. The highest BCUT2D eigenvalue weighted by Gasteiger charge is 2.19. The minimum atomic E-state index is -0.551. The van der Waals surface area contributed by atoms with E-state index in [1.165, 1.54) is 25.1 Å². The third-order valence-corrected chi connectivity index (χ3v) is 3.98. The number of rotatable bonds is 9. The van der Waals surface area contributed by atoms with E-state index >= 15 is 0 Å². The quantitative estimate of drug-likeness (QED) is 0.743. The molecule has 0 unspecified atom stereocenters. The molecule has 0 atom stereocenters. The van der Waals surface area contributed by atoms with E-state index in [1.807, 2.05) is 0 Å². The summed E-state index contributed by atoms with van der Waals surface area (Å²) < 4.78 is 13.8. The zero-order chi connectivity index (χ0) is 19.0. The minimum Gasteiger partial charge on any atom is -0.337 e. The van der Waals surface area contributed by atoms with Crippen molar-refractivity contribution in [3.63, 3.8) is 0 Å². The largest absolute Gasteiger partial charge is 0.337 e. The number of hydrogen-bond donors (Lipinski definition) is 1. The lowest BCUT2D eigenvalue weighted by Gasteiger charge is -2.28. The Morgan fingerprint density at radius 2 is 1.80 bits per heavy atom. The lowest BCUT2D eigenvalue weighted by atomic mass is 10.1. The summed E-state index contributed by atoms with van der Waals surface area (Å²) in [5.41, 5.74) is 0.414. The predicted molar refractivity (Wildman–Crippen MR) is 99.2 cm³/mol. The van der Waals surface area contributed by atoms with E-state index in [-0.39, 0.29) is 17.5 Å². The fourth-order valence-electron chi connectivity index (χ4n) is 2.64. The minimum absolute atomic E-state index is 0.0339. The van der Waals surface area contributed by atoms with Crippen LogP contribution in [-0.4, -0.2) is 54.3 Å². The number of benzene rings is 1. The average Bonchev–Trinajstić information content (AvgIpc) is 2.55. The molecule has 0 radical (unpaired) electrons. The summed E-state index contributed by atoms with van der Waals surface area (Å²) in [6.07, 6.45) is 0. The Morgan fingerprint density at radius 1 is 1.16 bits per heavy atom. The molecular formula is C19H30FN3O2. The Hall–Kier alpha value is -1.95. The van der Waals surface area contributed by atoms with E-state index in [4.69, 9.17) is 0 Å². The second kappa shape index (κ2) is 10.1. The molecule has 0 aliphatic carbocycles. The van der Waals surface area contributed by atoms with Crippen molar-refractivity contribution in [1.29, 1.82) is 0 Å². The number of carbonyl (C=O) groups excluding carboxylic acids is 2. The molecule has 0 aromatic heterocycles. The van der Waals surface area contributed by atoms with Crippen LogP contribution in [-0.2, 0) is 4.79 Å². The molecule has 0 fully saturated rings. The van der Waals surface area contributed by atoms with E-state index in [0.717, 1.165) is 19.6 Å². The molecule has 25 heavy (non-hydrogen) atoms. The zero-order valence-electron chi connectivity index (χ0n) is 15.9. The van der Waals surface area contributed by atoms with Crippen LogP contribution in [0.5, 0.6) is 0 Å². The zero-order valence-corrected chi connectivity index (χ0v) is 15.9. The second-order valence-corrected chi connectivity index (χ2v) is 6.55. The van der Waals surface area contributed by atoms with E-state index in [2.05, 4.69) is 37.9 Å². The van der Waals surface area contributed by atoms with Gasteiger partial charge in [0.25, 0.3) is 5.91 Å². The van der Waals surface area contributed by atoms with Gasteiger partial charge in [-0.2, -0.15) is 0 Å². The van der Waals surface area contributed by atoms with Crippen molar-refractivity contribution in [2.75, 3.05) is 38.0 Å². The number of nitrogens with one attached hydrogen (secondary N) is 1. The van der Waals surface area contributed by atoms with Gasteiger partial charge in [-0.15, -0.1) is 0 Å². The van der Waals surface area contributed by atoms with Crippen LogP contribution in [0.25, 0.3) is 0 Å². The summed E-state index contributed by atoms with van der Waals surface area (Å²) in [5.74, 6) is -0.738. The van der Waals surface area contributed by atoms with Gasteiger partial charge in [-0.3, -0.25) is 9.59 Å². The van der Waals surface area contributed by atoms with Crippen molar-refractivity contribution in [1.82, 2.24) is 9.80 Å². The summed E-state index contributed by atoms with van der Waals surface area (Å²) in [7, 11) is 0. The number of hydrogen-bond acceptors (Lipinski definition) is 3. The highest BCUT2D eigenvalue weighted by Crippen LogP contribution is 2.18. The number of anilines is 1. The van der Waals surface area contributed by atoms with Gasteiger partial charge in [0.05, 0.1) is 5.69 Å². The van der Waals surface area contributed by atoms with Gasteiger partial charge in [-0.1, -0.05) is 27.7 Å². The van der Waals surface area contributed by atoms with Gasteiger partial charge in [-0.05, 0) is 37.2 Å². The van der Waals surface area contributed by atoms with Crippen LogP contribution in [0.15, 0.2) is 18.2 Å². The average molecular weight is 351 g/mol. The van der Waals surface area contributed by atoms with E-state index in [9.17, 15) is 14.0 Å². The maximum atomic E-state index is 13.8. The first-order valence-corrected chi connectivity index (χ1v) is 8.87. The van der Waals surface area contributed by atoms with Crippen molar-refractivity contribution in [3.05, 3.63) is 29.6 Å². The SMILES string of the molecule is CCN(CC)CCN(CC(C)C)C(=O)c1ccc(F)c(NC(C)=O)c1. The first-order chi connectivity index (χ1) is 11.8. The van der Waals surface area contributed by atoms with Crippen LogP contribution in [0.2, 0.25) is 0 Å². The molecule has 6 heteroatoms. The van der Waals surface area contributed by atoms with Gasteiger partial charge in [0.15, 0.2) is 0 Å². The normalized spacial score (nSPS) is 11.0. The topological polar surface area (TPSA) is 52.6 Å². The molecule has 0 saturated carbocycles. The number of likely N-dealkylation sites (N-methyl/N-ethyl adjacent to an activating group) is 1. The maximum Gasteiger partial charge on any atom is 0.253 e. The van der Waals surface area contributed by atoms with Gasteiger partial charge in [0.1, 0.15) is 5.82 Å². The van der Waals surface area contributed by atoms with Crippen LogP contribution in [0.4, 0.5) is 10.1 Å².